The zero-order chi connectivity index (χ0) is 21.9. The number of hydrogen-bond donors (Lipinski definition) is 0. The molecule has 0 bridgehead atoms. The second-order valence-electron chi connectivity index (χ2n) is 8.18. The average molecular weight is 422 g/mol. The van der Waals surface area contributed by atoms with Gasteiger partial charge in [0.1, 0.15) is 11.6 Å². The Hall–Kier alpha value is -3.72. The van der Waals surface area contributed by atoms with Gasteiger partial charge in [-0.05, 0) is 47.6 Å². The predicted molar refractivity (Wildman–Crippen MR) is 125 cm³/mol. The lowest BCUT2D eigenvalue weighted by atomic mass is 9.70. The van der Waals surface area contributed by atoms with Gasteiger partial charge in [-0.1, -0.05) is 91.0 Å². The molecule has 1 aliphatic rings. The molecule has 4 aromatic carbocycles. The van der Waals surface area contributed by atoms with Crippen LogP contribution in [0.3, 0.4) is 0 Å². The lowest BCUT2D eigenvalue weighted by Gasteiger charge is -2.35. The molecular weight excluding hydrogens is 399 g/mol. The van der Waals surface area contributed by atoms with Crippen molar-refractivity contribution >= 4 is 5.97 Å². The second kappa shape index (κ2) is 8.80. The average Bonchev–Trinajstić information content (AvgIpc) is 2.81. The summed E-state index contributed by atoms with van der Waals surface area (Å²) in [5.74, 6) is -0.0811. The van der Waals surface area contributed by atoms with Gasteiger partial charge in [0.2, 0.25) is 0 Å². The highest BCUT2D eigenvalue weighted by Gasteiger charge is 2.39. The molecule has 0 saturated heterocycles. The van der Waals surface area contributed by atoms with E-state index in [0.29, 0.717) is 5.75 Å². The molecule has 0 aliphatic heterocycles. The van der Waals surface area contributed by atoms with Crippen molar-refractivity contribution in [3.05, 3.63) is 115 Å². The van der Waals surface area contributed by atoms with Crippen LogP contribution in [0.4, 0.5) is 4.39 Å². The number of carbonyl (C=O) groups is 1. The van der Waals surface area contributed by atoms with Gasteiger partial charge in [0, 0.05) is 11.1 Å². The fraction of sp³-hybridized carbons (Fsp3) is 0.138. The van der Waals surface area contributed by atoms with E-state index in [9.17, 15) is 9.18 Å². The highest BCUT2D eigenvalue weighted by Crippen LogP contribution is 2.45. The SMILES string of the molecule is O=C(Oc1c(-c2ccccc2)cccc1-c1ccccc1)[C@H]1CC[C@@H]1c1ccc(F)cc1. The molecule has 1 fully saturated rings. The van der Waals surface area contributed by atoms with E-state index in [0.717, 1.165) is 40.7 Å². The van der Waals surface area contributed by atoms with E-state index in [1.807, 2.05) is 78.9 Å². The minimum atomic E-state index is -0.267. The quantitative estimate of drug-likeness (QED) is 0.250. The van der Waals surface area contributed by atoms with Gasteiger partial charge in [0.05, 0.1) is 5.92 Å². The van der Waals surface area contributed by atoms with Crippen molar-refractivity contribution in [2.45, 2.75) is 18.8 Å². The van der Waals surface area contributed by atoms with Crippen LogP contribution < -0.4 is 4.74 Å². The zero-order valence-corrected chi connectivity index (χ0v) is 17.6. The lowest BCUT2D eigenvalue weighted by molar-refractivity contribution is -0.142. The molecule has 5 rings (SSSR count). The summed E-state index contributed by atoms with van der Waals surface area (Å²) in [5.41, 5.74) is 4.75. The van der Waals surface area contributed by atoms with Gasteiger partial charge in [-0.15, -0.1) is 0 Å². The standard InChI is InChI=1S/C29H23FO2/c30-23-16-14-22(15-17-23)24-18-19-27(24)29(31)32-28-25(20-8-3-1-4-9-20)12-7-13-26(28)21-10-5-2-6-11-21/h1-17,24,27H,18-19H2/t24-,27+/m1/s1. The van der Waals surface area contributed by atoms with Crippen LogP contribution in [-0.4, -0.2) is 5.97 Å². The van der Waals surface area contributed by atoms with Gasteiger partial charge in [-0.2, -0.15) is 0 Å². The summed E-state index contributed by atoms with van der Waals surface area (Å²) >= 11 is 0. The molecular formula is C29H23FO2. The van der Waals surface area contributed by atoms with E-state index in [-0.39, 0.29) is 23.6 Å². The van der Waals surface area contributed by atoms with Crippen LogP contribution in [0.25, 0.3) is 22.3 Å². The van der Waals surface area contributed by atoms with Crippen molar-refractivity contribution < 1.29 is 13.9 Å². The van der Waals surface area contributed by atoms with Crippen molar-refractivity contribution in [2.75, 3.05) is 0 Å². The third-order valence-corrected chi connectivity index (χ3v) is 6.26. The normalized spacial score (nSPS) is 17.4. The number of hydrogen-bond acceptors (Lipinski definition) is 2. The van der Waals surface area contributed by atoms with Gasteiger partial charge >= 0.3 is 5.97 Å². The first kappa shape index (κ1) is 20.2. The molecule has 4 aromatic rings. The number of halogens is 1. The molecule has 158 valence electrons. The Balaban J connectivity index is 1.50. The van der Waals surface area contributed by atoms with Crippen LogP contribution in [0.15, 0.2) is 103 Å². The third kappa shape index (κ3) is 3.94. The molecule has 32 heavy (non-hydrogen) atoms. The van der Waals surface area contributed by atoms with Crippen LogP contribution in [0.1, 0.15) is 24.3 Å². The molecule has 0 N–H and O–H groups in total. The smallest absolute Gasteiger partial charge is 0.314 e. The molecule has 0 radical (unpaired) electrons. The van der Waals surface area contributed by atoms with Crippen molar-refractivity contribution in [1.82, 2.24) is 0 Å². The molecule has 3 heteroatoms. The molecule has 1 saturated carbocycles. The predicted octanol–water partition coefficient (Wildman–Crippen LogP) is 7.26. The largest absolute Gasteiger partial charge is 0.425 e. The monoisotopic (exact) mass is 422 g/mol. The maximum Gasteiger partial charge on any atom is 0.314 e. The fourth-order valence-corrected chi connectivity index (χ4v) is 4.40. The summed E-state index contributed by atoms with van der Waals surface area (Å²) in [4.78, 5) is 13.3. The highest BCUT2D eigenvalue weighted by atomic mass is 19.1. The summed E-state index contributed by atoms with van der Waals surface area (Å²) in [6.45, 7) is 0. The minimum Gasteiger partial charge on any atom is -0.425 e. The Morgan fingerprint density at radius 1 is 0.688 bits per heavy atom. The van der Waals surface area contributed by atoms with Gasteiger partial charge in [0.25, 0.3) is 0 Å². The van der Waals surface area contributed by atoms with Crippen LogP contribution in [-0.2, 0) is 4.79 Å². The van der Waals surface area contributed by atoms with Gasteiger partial charge < -0.3 is 4.74 Å². The summed E-state index contributed by atoms with van der Waals surface area (Å²) in [5, 5.41) is 0. The molecule has 0 spiro atoms. The molecule has 2 nitrogen and oxygen atoms in total. The van der Waals surface area contributed by atoms with E-state index >= 15 is 0 Å². The Labute approximate surface area is 187 Å². The molecule has 0 amide bonds. The first-order valence-electron chi connectivity index (χ1n) is 10.9. The zero-order valence-electron chi connectivity index (χ0n) is 17.6. The van der Waals surface area contributed by atoms with Crippen molar-refractivity contribution in [1.29, 1.82) is 0 Å². The number of esters is 1. The Morgan fingerprint density at radius 3 is 1.75 bits per heavy atom. The van der Waals surface area contributed by atoms with Gasteiger partial charge in [0.15, 0.2) is 0 Å². The number of carbonyl (C=O) groups excluding carboxylic acids is 1. The van der Waals surface area contributed by atoms with E-state index in [1.165, 1.54) is 12.1 Å². The number of para-hydroxylation sites is 1. The van der Waals surface area contributed by atoms with Crippen LogP contribution in [0, 0.1) is 11.7 Å². The number of rotatable bonds is 5. The summed E-state index contributed by atoms with van der Waals surface area (Å²) in [6.07, 6.45) is 1.67. The summed E-state index contributed by atoms with van der Waals surface area (Å²) in [6, 6.07) is 32.4. The number of ether oxygens (including phenoxy) is 1. The van der Waals surface area contributed by atoms with Crippen LogP contribution >= 0.6 is 0 Å². The Kier molecular flexibility index (Phi) is 5.55. The van der Waals surface area contributed by atoms with Crippen molar-refractivity contribution in [3.8, 4) is 28.0 Å². The van der Waals surface area contributed by atoms with E-state index in [1.54, 1.807) is 12.1 Å². The molecule has 1 aliphatic carbocycles. The summed E-state index contributed by atoms with van der Waals surface area (Å²) in [7, 11) is 0. The molecule has 0 heterocycles. The van der Waals surface area contributed by atoms with Gasteiger partial charge in [-0.3, -0.25) is 4.79 Å². The molecule has 2 atom stereocenters. The summed E-state index contributed by atoms with van der Waals surface area (Å²) < 4.78 is 19.5. The molecule has 0 aromatic heterocycles. The third-order valence-electron chi connectivity index (χ3n) is 6.26. The first-order chi connectivity index (χ1) is 15.7. The van der Waals surface area contributed by atoms with E-state index in [2.05, 4.69) is 0 Å². The fourth-order valence-electron chi connectivity index (χ4n) is 4.40. The minimum absolute atomic E-state index is 0.0622. The van der Waals surface area contributed by atoms with Crippen molar-refractivity contribution in [2.24, 2.45) is 5.92 Å². The highest BCUT2D eigenvalue weighted by molar-refractivity contribution is 5.87. The lowest BCUT2D eigenvalue weighted by Crippen LogP contribution is -2.34. The number of benzene rings is 4. The van der Waals surface area contributed by atoms with Crippen LogP contribution in [0.5, 0.6) is 5.75 Å². The van der Waals surface area contributed by atoms with E-state index < -0.39 is 0 Å². The maximum absolute atomic E-state index is 13.3. The molecule has 0 unspecified atom stereocenters. The van der Waals surface area contributed by atoms with Crippen molar-refractivity contribution in [3.63, 3.8) is 0 Å². The topological polar surface area (TPSA) is 26.3 Å². The van der Waals surface area contributed by atoms with E-state index in [4.69, 9.17) is 4.74 Å². The maximum atomic E-state index is 13.3. The second-order valence-corrected chi connectivity index (χ2v) is 8.18. The van der Waals surface area contributed by atoms with Gasteiger partial charge in [-0.25, -0.2) is 4.39 Å². The Bertz CT molecular complexity index is 1160. The van der Waals surface area contributed by atoms with Crippen LogP contribution in [0.2, 0.25) is 0 Å². The first-order valence-corrected chi connectivity index (χ1v) is 10.9. The Morgan fingerprint density at radius 2 is 1.25 bits per heavy atom.